The first-order valence-electron chi connectivity index (χ1n) is 7.54. The topological polar surface area (TPSA) is 75.1 Å². The number of anilines is 1. The Kier molecular flexibility index (Phi) is 3.20. The molecule has 2 heterocycles. The Balaban J connectivity index is 1.68. The maximum absolute atomic E-state index is 12.4. The van der Waals surface area contributed by atoms with Crippen LogP contribution in [0, 0.1) is 6.92 Å². The minimum atomic E-state index is -0.454. The molecule has 4 rings (SSSR count). The maximum Gasteiger partial charge on any atom is 0.291 e. The lowest BCUT2D eigenvalue weighted by Gasteiger charge is -2.05. The number of amides is 1. The Hall–Kier alpha value is -3.34. The molecule has 0 radical (unpaired) electrons. The van der Waals surface area contributed by atoms with Gasteiger partial charge in [-0.25, -0.2) is 0 Å². The maximum atomic E-state index is 12.4. The third-order valence-electron chi connectivity index (χ3n) is 3.87. The molecule has 0 aliphatic rings. The molecule has 2 aromatic carbocycles. The Bertz CT molecular complexity index is 1140. The zero-order valence-corrected chi connectivity index (χ0v) is 12.9. The van der Waals surface area contributed by atoms with Gasteiger partial charge in [-0.3, -0.25) is 9.59 Å². The molecule has 118 valence electrons. The van der Waals surface area contributed by atoms with Crippen molar-refractivity contribution in [2.75, 3.05) is 5.32 Å². The van der Waals surface area contributed by atoms with Gasteiger partial charge in [-0.1, -0.05) is 12.1 Å². The molecule has 0 fully saturated rings. The molecular formula is C19H14N2O3. The smallest absolute Gasteiger partial charge is 0.291 e. The summed E-state index contributed by atoms with van der Waals surface area (Å²) in [6.07, 6.45) is 0. The summed E-state index contributed by atoms with van der Waals surface area (Å²) in [7, 11) is 0. The summed E-state index contributed by atoms with van der Waals surface area (Å²) in [4.78, 5) is 27.7. The van der Waals surface area contributed by atoms with Crippen molar-refractivity contribution in [3.63, 3.8) is 0 Å². The summed E-state index contributed by atoms with van der Waals surface area (Å²) >= 11 is 0. The number of para-hydroxylation sites is 1. The SMILES string of the molecule is Cc1cc2cc(NC(=O)c3cc(=O)c4ccccc4o3)ccc2[nH]1. The average Bonchev–Trinajstić information content (AvgIpc) is 2.94. The Labute approximate surface area is 136 Å². The third-order valence-corrected chi connectivity index (χ3v) is 3.87. The fraction of sp³-hybridized carbons (Fsp3) is 0.0526. The van der Waals surface area contributed by atoms with Gasteiger partial charge in [-0.15, -0.1) is 0 Å². The molecule has 5 nitrogen and oxygen atoms in total. The van der Waals surface area contributed by atoms with Crippen molar-refractivity contribution in [1.29, 1.82) is 0 Å². The number of carbonyl (C=O) groups excluding carboxylic acids is 1. The van der Waals surface area contributed by atoms with Gasteiger partial charge in [-0.2, -0.15) is 0 Å². The van der Waals surface area contributed by atoms with Crippen LogP contribution in [0.25, 0.3) is 21.9 Å². The van der Waals surface area contributed by atoms with Crippen LogP contribution in [0.4, 0.5) is 5.69 Å². The predicted octanol–water partition coefficient (Wildman–Crippen LogP) is 3.84. The van der Waals surface area contributed by atoms with E-state index in [1.807, 2.05) is 25.1 Å². The van der Waals surface area contributed by atoms with Crippen LogP contribution < -0.4 is 10.7 Å². The highest BCUT2D eigenvalue weighted by molar-refractivity contribution is 6.04. The van der Waals surface area contributed by atoms with Crippen LogP contribution in [0.5, 0.6) is 0 Å². The molecule has 0 aliphatic heterocycles. The standard InChI is InChI=1S/C19H14N2O3/c1-11-8-12-9-13(6-7-15(12)20-11)21-19(23)18-10-16(22)14-4-2-3-5-17(14)24-18/h2-10,20H,1H3,(H,21,23). The Morgan fingerprint density at radius 2 is 1.92 bits per heavy atom. The number of aryl methyl sites for hydroxylation is 1. The lowest BCUT2D eigenvalue weighted by atomic mass is 10.2. The fourth-order valence-electron chi connectivity index (χ4n) is 2.76. The number of hydrogen-bond acceptors (Lipinski definition) is 3. The molecule has 0 saturated heterocycles. The molecule has 0 unspecified atom stereocenters. The number of aromatic amines is 1. The van der Waals surface area contributed by atoms with E-state index in [1.165, 1.54) is 6.07 Å². The normalized spacial score (nSPS) is 11.0. The number of aromatic nitrogens is 1. The fourth-order valence-corrected chi connectivity index (χ4v) is 2.76. The van der Waals surface area contributed by atoms with Crippen LogP contribution in [0.15, 0.2) is 63.8 Å². The first-order chi connectivity index (χ1) is 11.6. The minimum Gasteiger partial charge on any atom is -0.451 e. The molecule has 2 N–H and O–H groups in total. The third kappa shape index (κ3) is 2.46. The van der Waals surface area contributed by atoms with Gasteiger partial charge in [0.2, 0.25) is 0 Å². The number of nitrogens with one attached hydrogen (secondary N) is 2. The van der Waals surface area contributed by atoms with E-state index in [9.17, 15) is 9.59 Å². The van der Waals surface area contributed by atoms with Crippen molar-refractivity contribution in [2.24, 2.45) is 0 Å². The lowest BCUT2D eigenvalue weighted by Crippen LogP contribution is -2.14. The van der Waals surface area contributed by atoms with E-state index in [0.29, 0.717) is 16.7 Å². The van der Waals surface area contributed by atoms with E-state index in [1.54, 1.807) is 30.3 Å². The number of fused-ring (bicyclic) bond motifs is 2. The summed E-state index contributed by atoms with van der Waals surface area (Å²) < 4.78 is 5.55. The molecule has 4 aromatic rings. The molecule has 24 heavy (non-hydrogen) atoms. The highest BCUT2D eigenvalue weighted by Crippen LogP contribution is 2.20. The quantitative estimate of drug-likeness (QED) is 0.590. The summed E-state index contributed by atoms with van der Waals surface area (Å²) in [6.45, 7) is 1.97. The molecule has 5 heteroatoms. The predicted molar refractivity (Wildman–Crippen MR) is 93.5 cm³/mol. The van der Waals surface area contributed by atoms with E-state index < -0.39 is 5.91 Å². The van der Waals surface area contributed by atoms with E-state index in [0.717, 1.165) is 16.6 Å². The van der Waals surface area contributed by atoms with Crippen molar-refractivity contribution in [3.8, 4) is 0 Å². The van der Waals surface area contributed by atoms with Gasteiger partial charge >= 0.3 is 0 Å². The first kappa shape index (κ1) is 14.3. The van der Waals surface area contributed by atoms with Gasteiger partial charge in [-0.05, 0) is 43.3 Å². The summed E-state index contributed by atoms with van der Waals surface area (Å²) in [5, 5.41) is 4.23. The minimum absolute atomic E-state index is 0.0101. The number of rotatable bonds is 2. The average molecular weight is 318 g/mol. The molecule has 0 atom stereocenters. The van der Waals surface area contributed by atoms with E-state index in [-0.39, 0.29) is 11.2 Å². The van der Waals surface area contributed by atoms with Crippen molar-refractivity contribution in [2.45, 2.75) is 6.92 Å². The molecule has 0 spiro atoms. The molecule has 1 amide bonds. The van der Waals surface area contributed by atoms with Crippen LogP contribution in [0.1, 0.15) is 16.2 Å². The number of hydrogen-bond donors (Lipinski definition) is 2. The van der Waals surface area contributed by atoms with Crippen molar-refractivity contribution < 1.29 is 9.21 Å². The largest absolute Gasteiger partial charge is 0.451 e. The van der Waals surface area contributed by atoms with Gasteiger partial charge in [0.05, 0.1) is 5.39 Å². The second kappa shape index (κ2) is 5.38. The van der Waals surface area contributed by atoms with Gasteiger partial charge in [0.1, 0.15) is 5.58 Å². The number of carbonyl (C=O) groups is 1. The summed E-state index contributed by atoms with van der Waals surface area (Å²) in [5.41, 5.74) is 2.85. The second-order valence-electron chi connectivity index (χ2n) is 5.68. The lowest BCUT2D eigenvalue weighted by molar-refractivity contribution is 0.0997. The molecule has 0 bridgehead atoms. The summed E-state index contributed by atoms with van der Waals surface area (Å²) in [6, 6.07) is 15.6. The van der Waals surface area contributed by atoms with Crippen LogP contribution in [-0.2, 0) is 0 Å². The Morgan fingerprint density at radius 3 is 2.79 bits per heavy atom. The van der Waals surface area contributed by atoms with Crippen LogP contribution >= 0.6 is 0 Å². The zero-order chi connectivity index (χ0) is 16.7. The van der Waals surface area contributed by atoms with Crippen LogP contribution in [-0.4, -0.2) is 10.9 Å². The highest BCUT2D eigenvalue weighted by Gasteiger charge is 2.13. The highest BCUT2D eigenvalue weighted by atomic mass is 16.3. The van der Waals surface area contributed by atoms with Crippen molar-refractivity contribution in [3.05, 3.63) is 76.3 Å². The second-order valence-corrected chi connectivity index (χ2v) is 5.68. The number of H-pyrrole nitrogens is 1. The zero-order valence-electron chi connectivity index (χ0n) is 12.9. The molecule has 0 saturated carbocycles. The first-order valence-corrected chi connectivity index (χ1v) is 7.54. The monoisotopic (exact) mass is 318 g/mol. The van der Waals surface area contributed by atoms with Crippen LogP contribution in [0.3, 0.4) is 0 Å². The molecule has 0 aliphatic carbocycles. The van der Waals surface area contributed by atoms with E-state index >= 15 is 0 Å². The van der Waals surface area contributed by atoms with Gasteiger partial charge < -0.3 is 14.7 Å². The van der Waals surface area contributed by atoms with E-state index in [4.69, 9.17) is 4.42 Å². The van der Waals surface area contributed by atoms with Gasteiger partial charge in [0, 0.05) is 28.4 Å². The van der Waals surface area contributed by atoms with Crippen LogP contribution in [0.2, 0.25) is 0 Å². The van der Waals surface area contributed by atoms with Gasteiger partial charge in [0.15, 0.2) is 11.2 Å². The van der Waals surface area contributed by atoms with Crippen molar-refractivity contribution >= 4 is 33.5 Å². The van der Waals surface area contributed by atoms with Crippen molar-refractivity contribution in [1.82, 2.24) is 4.98 Å². The summed E-state index contributed by atoms with van der Waals surface area (Å²) in [5.74, 6) is -0.464. The van der Waals surface area contributed by atoms with E-state index in [2.05, 4.69) is 10.3 Å². The van der Waals surface area contributed by atoms with Gasteiger partial charge in [0.25, 0.3) is 5.91 Å². The Morgan fingerprint density at radius 1 is 1.08 bits per heavy atom. The number of benzene rings is 2. The molecular weight excluding hydrogens is 304 g/mol. The molecule has 2 aromatic heterocycles.